The summed E-state index contributed by atoms with van der Waals surface area (Å²) < 4.78 is 44.9. The summed E-state index contributed by atoms with van der Waals surface area (Å²) in [6.07, 6.45) is 0.0680. The number of nitrogens with one attached hydrogen (secondary N) is 1. The number of nitrogens with zero attached hydrogens (tertiary/aromatic N) is 1. The molecule has 2 amide bonds. The second-order valence-electron chi connectivity index (χ2n) is 9.15. The van der Waals surface area contributed by atoms with Gasteiger partial charge in [0, 0.05) is 26.1 Å². The van der Waals surface area contributed by atoms with Gasteiger partial charge in [0.25, 0.3) is 0 Å². The Kier molecular flexibility index (Phi) is 7.40. The lowest BCUT2D eigenvalue weighted by Crippen LogP contribution is -2.50. The van der Waals surface area contributed by atoms with Crippen LogP contribution in [-0.4, -0.2) is 43.5 Å². The van der Waals surface area contributed by atoms with Gasteiger partial charge in [0.2, 0.25) is 11.8 Å². The summed E-state index contributed by atoms with van der Waals surface area (Å²) in [5.41, 5.74) is 0.0948. The second kappa shape index (κ2) is 9.71. The molecule has 1 unspecified atom stereocenters. The molecule has 32 heavy (non-hydrogen) atoms. The first kappa shape index (κ1) is 24.4. The lowest BCUT2D eigenvalue weighted by atomic mass is 9.56. The molecule has 8 heteroatoms. The number of hydrogen-bond acceptors (Lipinski definition) is 3. The van der Waals surface area contributed by atoms with E-state index in [0.29, 0.717) is 38.0 Å². The molecule has 5 nitrogen and oxygen atoms in total. The van der Waals surface area contributed by atoms with Gasteiger partial charge in [-0.25, -0.2) is 0 Å². The third-order valence-electron chi connectivity index (χ3n) is 7.20. The largest absolute Gasteiger partial charge is 0.496 e. The maximum Gasteiger partial charge on any atom is 0.419 e. The normalized spacial score (nSPS) is 19.4. The Morgan fingerprint density at radius 1 is 1.22 bits per heavy atom. The smallest absolute Gasteiger partial charge is 0.419 e. The average Bonchev–Trinajstić information content (AvgIpc) is 2.76. The van der Waals surface area contributed by atoms with Crippen molar-refractivity contribution in [1.29, 1.82) is 0 Å². The minimum absolute atomic E-state index is 0.0541. The highest BCUT2D eigenvalue weighted by molar-refractivity contribution is 5.81. The molecule has 1 N–H and O–H groups in total. The topological polar surface area (TPSA) is 58.6 Å². The number of hydrogen-bond donors (Lipinski definition) is 1. The Morgan fingerprint density at radius 2 is 1.88 bits per heavy atom. The summed E-state index contributed by atoms with van der Waals surface area (Å²) >= 11 is 0. The summed E-state index contributed by atoms with van der Waals surface area (Å²) in [6.45, 7) is 5.43. The molecule has 1 aromatic carbocycles. The van der Waals surface area contributed by atoms with E-state index < -0.39 is 11.7 Å². The monoisotopic (exact) mass is 454 g/mol. The SMILES string of the molecule is CCC(=O)NCC(CC)C(=O)N1CCC2(CC1)CC(c1ccc(OC)c(C(F)(F)F)c1)C2. The van der Waals surface area contributed by atoms with Crippen LogP contribution in [0.2, 0.25) is 0 Å². The Labute approximate surface area is 187 Å². The number of halogens is 3. The summed E-state index contributed by atoms with van der Waals surface area (Å²) in [4.78, 5) is 26.3. The molecule has 178 valence electrons. The Hall–Kier alpha value is -2.25. The van der Waals surface area contributed by atoms with Gasteiger partial charge >= 0.3 is 6.18 Å². The first-order chi connectivity index (χ1) is 15.1. The van der Waals surface area contributed by atoms with E-state index in [-0.39, 0.29) is 34.8 Å². The lowest BCUT2D eigenvalue weighted by Gasteiger charge is -2.53. The van der Waals surface area contributed by atoms with E-state index in [4.69, 9.17) is 4.74 Å². The number of ether oxygens (including phenoxy) is 1. The van der Waals surface area contributed by atoms with Gasteiger partial charge in [-0.1, -0.05) is 19.9 Å². The van der Waals surface area contributed by atoms with Crippen molar-refractivity contribution in [2.45, 2.75) is 64.5 Å². The number of carbonyl (C=O) groups excluding carboxylic acids is 2. The number of rotatable bonds is 7. The van der Waals surface area contributed by atoms with Gasteiger partial charge in [0.15, 0.2) is 0 Å². The molecule has 3 rings (SSSR count). The fraction of sp³-hybridized carbons (Fsp3) is 0.667. The van der Waals surface area contributed by atoms with Crippen LogP contribution < -0.4 is 10.1 Å². The van der Waals surface area contributed by atoms with Crippen LogP contribution in [0.15, 0.2) is 18.2 Å². The predicted molar refractivity (Wildman–Crippen MR) is 115 cm³/mol. The van der Waals surface area contributed by atoms with Gasteiger partial charge in [-0.2, -0.15) is 13.2 Å². The quantitative estimate of drug-likeness (QED) is 0.647. The number of alkyl halides is 3. The van der Waals surface area contributed by atoms with E-state index in [1.165, 1.54) is 19.2 Å². The summed E-state index contributed by atoms with van der Waals surface area (Å²) in [6, 6.07) is 4.37. The Bertz CT molecular complexity index is 824. The van der Waals surface area contributed by atoms with Crippen LogP contribution in [0.3, 0.4) is 0 Å². The Morgan fingerprint density at radius 3 is 2.41 bits per heavy atom. The maximum atomic E-state index is 13.3. The number of methoxy groups -OCH3 is 1. The second-order valence-corrected chi connectivity index (χ2v) is 9.15. The molecule has 1 atom stereocenters. The lowest BCUT2D eigenvalue weighted by molar-refractivity contribution is -0.139. The predicted octanol–water partition coefficient (Wildman–Crippen LogP) is 4.75. The molecular formula is C24H33F3N2O3. The van der Waals surface area contributed by atoms with Crippen LogP contribution in [-0.2, 0) is 15.8 Å². The highest BCUT2D eigenvalue weighted by atomic mass is 19.4. The zero-order valence-corrected chi connectivity index (χ0v) is 19.1. The highest BCUT2D eigenvalue weighted by Gasteiger charge is 2.47. The van der Waals surface area contributed by atoms with Crippen molar-refractivity contribution < 1.29 is 27.5 Å². The number of likely N-dealkylation sites (tertiary alicyclic amines) is 1. The van der Waals surface area contributed by atoms with Gasteiger partial charge in [0.1, 0.15) is 5.75 Å². The molecule has 1 aliphatic heterocycles. The van der Waals surface area contributed by atoms with Gasteiger partial charge in [-0.15, -0.1) is 0 Å². The van der Waals surface area contributed by atoms with Crippen molar-refractivity contribution in [3.63, 3.8) is 0 Å². The van der Waals surface area contributed by atoms with E-state index in [9.17, 15) is 22.8 Å². The van der Waals surface area contributed by atoms with Gasteiger partial charge in [0.05, 0.1) is 18.6 Å². The van der Waals surface area contributed by atoms with Gasteiger partial charge < -0.3 is 15.0 Å². The molecule has 1 spiro atoms. The number of piperidine rings is 1. The fourth-order valence-corrected chi connectivity index (χ4v) is 5.06. The zero-order chi connectivity index (χ0) is 23.5. The standard InChI is InChI=1S/C24H33F3N2O3/c1-4-16(15-28-21(30)5-2)22(31)29-10-8-23(9-11-29)13-18(14-23)17-6-7-20(32-3)19(12-17)24(25,26)27/h6-7,12,16,18H,4-5,8-11,13-15H2,1-3H3,(H,28,30). The van der Waals surface area contributed by atoms with E-state index in [1.54, 1.807) is 13.0 Å². The molecule has 2 aliphatic rings. The van der Waals surface area contributed by atoms with Crippen molar-refractivity contribution in [2.24, 2.45) is 11.3 Å². The zero-order valence-electron chi connectivity index (χ0n) is 19.1. The molecule has 1 aliphatic carbocycles. The van der Waals surface area contributed by atoms with Crippen LogP contribution in [0.25, 0.3) is 0 Å². The van der Waals surface area contributed by atoms with Crippen LogP contribution in [0, 0.1) is 11.3 Å². The van der Waals surface area contributed by atoms with Crippen LogP contribution >= 0.6 is 0 Å². The summed E-state index contributed by atoms with van der Waals surface area (Å²) in [5.74, 6) is -0.227. The van der Waals surface area contributed by atoms with Gasteiger partial charge in [-0.05, 0) is 61.1 Å². The molecule has 1 saturated carbocycles. The fourth-order valence-electron chi connectivity index (χ4n) is 5.06. The minimum atomic E-state index is -4.44. The molecule has 0 radical (unpaired) electrons. The third-order valence-corrected chi connectivity index (χ3v) is 7.20. The van der Waals surface area contributed by atoms with Crippen LogP contribution in [0.5, 0.6) is 5.75 Å². The van der Waals surface area contributed by atoms with E-state index >= 15 is 0 Å². The summed E-state index contributed by atoms with van der Waals surface area (Å²) in [7, 11) is 1.25. The van der Waals surface area contributed by atoms with Crippen molar-refractivity contribution in [3.8, 4) is 5.75 Å². The van der Waals surface area contributed by atoms with E-state index in [2.05, 4.69) is 5.32 Å². The minimum Gasteiger partial charge on any atom is -0.496 e. The Balaban J connectivity index is 1.56. The van der Waals surface area contributed by atoms with E-state index in [1.807, 2.05) is 11.8 Å². The molecule has 1 saturated heterocycles. The van der Waals surface area contributed by atoms with Crippen molar-refractivity contribution >= 4 is 11.8 Å². The highest BCUT2D eigenvalue weighted by Crippen LogP contribution is 2.57. The molecule has 1 heterocycles. The van der Waals surface area contributed by atoms with E-state index in [0.717, 1.165) is 25.7 Å². The maximum absolute atomic E-state index is 13.3. The molecular weight excluding hydrogens is 421 g/mol. The number of benzene rings is 1. The molecule has 1 aromatic rings. The van der Waals surface area contributed by atoms with Crippen molar-refractivity contribution in [1.82, 2.24) is 10.2 Å². The van der Waals surface area contributed by atoms with Crippen LogP contribution in [0.1, 0.15) is 69.4 Å². The van der Waals surface area contributed by atoms with Crippen LogP contribution in [0.4, 0.5) is 13.2 Å². The van der Waals surface area contributed by atoms with Crippen molar-refractivity contribution in [2.75, 3.05) is 26.7 Å². The first-order valence-corrected chi connectivity index (χ1v) is 11.4. The molecule has 0 bridgehead atoms. The summed E-state index contributed by atoms with van der Waals surface area (Å²) in [5, 5.41) is 2.81. The third kappa shape index (κ3) is 5.21. The number of amides is 2. The van der Waals surface area contributed by atoms with Gasteiger partial charge in [-0.3, -0.25) is 9.59 Å². The average molecular weight is 455 g/mol. The number of carbonyl (C=O) groups is 2. The molecule has 0 aromatic heterocycles. The molecule has 2 fully saturated rings. The van der Waals surface area contributed by atoms with Crippen molar-refractivity contribution in [3.05, 3.63) is 29.3 Å². The first-order valence-electron chi connectivity index (χ1n) is 11.4.